The van der Waals surface area contributed by atoms with E-state index in [1.165, 1.54) is 11.3 Å². The zero-order valence-corrected chi connectivity index (χ0v) is 15.4. The van der Waals surface area contributed by atoms with E-state index in [1.807, 2.05) is 0 Å². The van der Waals surface area contributed by atoms with Crippen LogP contribution >= 0.6 is 23.7 Å². The van der Waals surface area contributed by atoms with Gasteiger partial charge in [0, 0.05) is 17.6 Å². The second-order valence-electron chi connectivity index (χ2n) is 4.79. The molecule has 1 heterocycles. The molecule has 0 aliphatic rings. The fourth-order valence-corrected chi connectivity index (χ4v) is 3.64. The largest absolute Gasteiger partial charge is 0.325 e. The molecule has 2 rings (SSSR count). The molecule has 2 aromatic rings. The number of nitrogens with two attached hydrogens (primary N) is 1. The van der Waals surface area contributed by atoms with Gasteiger partial charge in [0.15, 0.2) is 0 Å². The van der Waals surface area contributed by atoms with Crippen LogP contribution in [0.3, 0.4) is 0 Å². The predicted molar refractivity (Wildman–Crippen MR) is 99.3 cm³/mol. The summed E-state index contributed by atoms with van der Waals surface area (Å²) in [6.45, 7) is 2.08. The van der Waals surface area contributed by atoms with Gasteiger partial charge in [0.05, 0.1) is 11.4 Å². The van der Waals surface area contributed by atoms with Crippen LogP contribution < -0.4 is 15.8 Å². The number of carbonyl (C=O) groups excluding carboxylic acids is 1. The number of nitrogens with one attached hydrogen (secondary N) is 2. The average Bonchev–Trinajstić information content (AvgIpc) is 2.96. The third-order valence-electron chi connectivity index (χ3n) is 2.83. The molecule has 4 N–H and O–H groups in total. The number of hydrogen-bond donors (Lipinski definition) is 3. The molecular formula is C14H19ClN4O3S2. The van der Waals surface area contributed by atoms with E-state index < -0.39 is 10.0 Å². The summed E-state index contributed by atoms with van der Waals surface area (Å²) in [5.41, 5.74) is 6.64. The van der Waals surface area contributed by atoms with E-state index in [1.54, 1.807) is 36.6 Å². The number of nitrogens with zero attached hydrogens (tertiary/aromatic N) is 1. The summed E-state index contributed by atoms with van der Waals surface area (Å²) in [6.07, 6.45) is 0.527. The molecular weight excluding hydrogens is 372 g/mol. The Hall–Kier alpha value is -1.68. The summed E-state index contributed by atoms with van der Waals surface area (Å²) < 4.78 is 26.0. The molecule has 0 saturated carbocycles. The maximum Gasteiger partial charge on any atom is 0.275 e. The normalized spacial score (nSPS) is 10.8. The third kappa shape index (κ3) is 5.75. The van der Waals surface area contributed by atoms with E-state index in [0.29, 0.717) is 22.8 Å². The van der Waals surface area contributed by atoms with Crippen LogP contribution in [-0.4, -0.2) is 25.1 Å². The van der Waals surface area contributed by atoms with Crippen molar-refractivity contribution in [2.45, 2.75) is 19.9 Å². The van der Waals surface area contributed by atoms with Gasteiger partial charge in [-0.3, -0.25) is 9.52 Å². The molecule has 0 spiro atoms. The monoisotopic (exact) mass is 390 g/mol. The quantitative estimate of drug-likeness (QED) is 0.671. The lowest BCUT2D eigenvalue weighted by atomic mass is 10.3. The highest BCUT2D eigenvalue weighted by atomic mass is 35.5. The van der Waals surface area contributed by atoms with Crippen LogP contribution in [0, 0.1) is 0 Å². The number of aromatic nitrogens is 1. The molecule has 0 fully saturated rings. The van der Waals surface area contributed by atoms with Crippen molar-refractivity contribution in [1.82, 2.24) is 4.98 Å². The van der Waals surface area contributed by atoms with Gasteiger partial charge in [0.25, 0.3) is 5.91 Å². The lowest BCUT2D eigenvalue weighted by molar-refractivity contribution is 0.102. The molecule has 1 amide bonds. The number of thiazole rings is 1. The Kier molecular flexibility index (Phi) is 7.61. The van der Waals surface area contributed by atoms with Crippen molar-refractivity contribution in [2.24, 2.45) is 5.73 Å². The third-order valence-corrected chi connectivity index (χ3v) is 5.19. The minimum atomic E-state index is -3.37. The smallest absolute Gasteiger partial charge is 0.275 e. The average molecular weight is 391 g/mol. The van der Waals surface area contributed by atoms with Gasteiger partial charge in [0.1, 0.15) is 10.7 Å². The molecule has 132 valence electrons. The first-order chi connectivity index (χ1) is 10.9. The summed E-state index contributed by atoms with van der Waals surface area (Å²) in [7, 11) is -3.37. The van der Waals surface area contributed by atoms with E-state index in [9.17, 15) is 13.2 Å². The van der Waals surface area contributed by atoms with Crippen LogP contribution in [0.15, 0.2) is 29.6 Å². The molecule has 0 aliphatic carbocycles. The molecule has 7 nitrogen and oxygen atoms in total. The molecule has 0 atom stereocenters. The van der Waals surface area contributed by atoms with E-state index in [4.69, 9.17) is 5.73 Å². The summed E-state index contributed by atoms with van der Waals surface area (Å²) in [4.78, 5) is 16.2. The topological polar surface area (TPSA) is 114 Å². The van der Waals surface area contributed by atoms with Gasteiger partial charge in [-0.25, -0.2) is 13.4 Å². The lowest BCUT2D eigenvalue weighted by Gasteiger charge is -2.09. The molecule has 10 heteroatoms. The number of hydrogen-bond acceptors (Lipinski definition) is 6. The number of sulfonamides is 1. The van der Waals surface area contributed by atoms with Crippen LogP contribution in [0.5, 0.6) is 0 Å². The maximum atomic E-state index is 12.1. The molecule has 0 saturated heterocycles. The van der Waals surface area contributed by atoms with Crippen molar-refractivity contribution in [3.8, 4) is 0 Å². The molecule has 24 heavy (non-hydrogen) atoms. The number of rotatable bonds is 7. The zero-order valence-electron chi connectivity index (χ0n) is 13.0. The predicted octanol–water partition coefficient (Wildman–Crippen LogP) is 2.43. The molecule has 1 aromatic carbocycles. The Bertz CT molecular complexity index is 793. The van der Waals surface area contributed by atoms with Crippen LogP contribution in [0.2, 0.25) is 0 Å². The minimum absolute atomic E-state index is 0. The van der Waals surface area contributed by atoms with Crippen molar-refractivity contribution < 1.29 is 13.2 Å². The van der Waals surface area contributed by atoms with Crippen molar-refractivity contribution in [3.63, 3.8) is 0 Å². The Morgan fingerprint density at radius 1 is 1.33 bits per heavy atom. The highest BCUT2D eigenvalue weighted by molar-refractivity contribution is 7.92. The molecule has 0 aliphatic heterocycles. The van der Waals surface area contributed by atoms with Crippen LogP contribution in [0.4, 0.5) is 11.4 Å². The Labute approximate surface area is 151 Å². The minimum Gasteiger partial charge on any atom is -0.325 e. The van der Waals surface area contributed by atoms with Gasteiger partial charge in [-0.15, -0.1) is 23.7 Å². The van der Waals surface area contributed by atoms with Crippen molar-refractivity contribution in [1.29, 1.82) is 0 Å². The summed E-state index contributed by atoms with van der Waals surface area (Å²) in [5.74, 6) is -0.320. The molecule has 1 aromatic heterocycles. The Balaban J connectivity index is 0.00000288. The number of amides is 1. The van der Waals surface area contributed by atoms with Gasteiger partial charge < -0.3 is 11.1 Å². The number of carbonyl (C=O) groups is 1. The maximum absolute atomic E-state index is 12.1. The Morgan fingerprint density at radius 3 is 2.67 bits per heavy atom. The van der Waals surface area contributed by atoms with E-state index in [0.717, 1.165) is 0 Å². The van der Waals surface area contributed by atoms with Crippen molar-refractivity contribution in [2.75, 3.05) is 15.8 Å². The summed E-state index contributed by atoms with van der Waals surface area (Å²) in [5, 5.41) is 4.99. The molecule has 0 unspecified atom stereocenters. The fraction of sp³-hybridized carbons (Fsp3) is 0.286. The van der Waals surface area contributed by atoms with Crippen molar-refractivity contribution >= 4 is 51.0 Å². The van der Waals surface area contributed by atoms with Gasteiger partial charge in [-0.05, 0) is 24.6 Å². The molecule has 0 radical (unpaired) electrons. The van der Waals surface area contributed by atoms with Gasteiger partial charge in [0.2, 0.25) is 10.0 Å². The van der Waals surface area contributed by atoms with E-state index >= 15 is 0 Å². The lowest BCUT2D eigenvalue weighted by Crippen LogP contribution is -2.16. The van der Waals surface area contributed by atoms with E-state index in [2.05, 4.69) is 15.0 Å². The number of anilines is 2. The highest BCUT2D eigenvalue weighted by Gasteiger charge is 2.12. The fourth-order valence-electron chi connectivity index (χ4n) is 1.86. The number of benzene rings is 1. The molecule has 0 bridgehead atoms. The SMILES string of the molecule is CCCS(=O)(=O)Nc1cccc(NC(=O)c2csc(CN)n2)c1.Cl. The van der Waals surface area contributed by atoms with Gasteiger partial charge in [-0.1, -0.05) is 13.0 Å². The van der Waals surface area contributed by atoms with Crippen molar-refractivity contribution in [3.05, 3.63) is 40.3 Å². The van der Waals surface area contributed by atoms with Crippen LogP contribution in [0.25, 0.3) is 0 Å². The van der Waals surface area contributed by atoms with Crippen LogP contribution in [0.1, 0.15) is 28.8 Å². The summed E-state index contributed by atoms with van der Waals surface area (Å²) in [6, 6.07) is 6.51. The summed E-state index contributed by atoms with van der Waals surface area (Å²) >= 11 is 1.32. The first-order valence-corrected chi connectivity index (χ1v) is 9.53. The standard InChI is InChI=1S/C14H18N4O3S2.ClH/c1-2-6-23(20,21)18-11-5-3-4-10(7-11)16-14(19)12-9-22-13(8-15)17-12;/h3-5,7,9,18H,2,6,8,15H2,1H3,(H,16,19);1H. The zero-order chi connectivity index (χ0) is 16.9. The second kappa shape index (κ2) is 8.97. The van der Waals surface area contributed by atoms with Crippen LogP contribution in [-0.2, 0) is 16.6 Å². The first-order valence-electron chi connectivity index (χ1n) is 7.00. The first kappa shape index (κ1) is 20.4. The van der Waals surface area contributed by atoms with E-state index in [-0.39, 0.29) is 36.3 Å². The van der Waals surface area contributed by atoms with Gasteiger partial charge >= 0.3 is 0 Å². The second-order valence-corrected chi connectivity index (χ2v) is 7.57. The Morgan fingerprint density at radius 2 is 2.04 bits per heavy atom. The number of halogens is 1. The highest BCUT2D eigenvalue weighted by Crippen LogP contribution is 2.18. The van der Waals surface area contributed by atoms with Gasteiger partial charge in [-0.2, -0.15) is 0 Å².